The number of carbonyl (C=O) groups excluding carboxylic acids is 1. The number of carbonyl (C=O) groups is 1. The predicted molar refractivity (Wildman–Crippen MR) is 122 cm³/mol. The van der Waals surface area contributed by atoms with Crippen LogP contribution in [0.25, 0.3) is 0 Å². The van der Waals surface area contributed by atoms with E-state index in [0.29, 0.717) is 12.0 Å². The number of hydrogen-bond donors (Lipinski definition) is 2. The Morgan fingerprint density at radius 1 is 1.17 bits per heavy atom. The van der Waals surface area contributed by atoms with E-state index in [1.54, 1.807) is 0 Å². The van der Waals surface area contributed by atoms with Crippen molar-refractivity contribution >= 4 is 18.0 Å². The third-order valence-corrected chi connectivity index (χ3v) is 7.97. The Bertz CT molecular complexity index is 701. The van der Waals surface area contributed by atoms with Gasteiger partial charge in [-0.15, -0.1) is 0 Å². The molecule has 1 aliphatic heterocycles. The van der Waals surface area contributed by atoms with Gasteiger partial charge < -0.3 is 10.6 Å². The number of piperidine rings is 1. The van der Waals surface area contributed by atoms with Crippen molar-refractivity contribution in [3.05, 3.63) is 48.0 Å². The number of hydrogen-bond acceptors (Lipinski definition) is 3. The summed E-state index contributed by atoms with van der Waals surface area (Å²) in [5.74, 6) is 2.30. The summed E-state index contributed by atoms with van der Waals surface area (Å²) in [5.41, 5.74) is 1.38. The van der Waals surface area contributed by atoms with Crippen LogP contribution < -0.4 is 10.6 Å². The van der Waals surface area contributed by atoms with Gasteiger partial charge >= 0.3 is 6.03 Å². The van der Waals surface area contributed by atoms with Gasteiger partial charge in [-0.3, -0.25) is 4.31 Å². The molecule has 2 aliphatic carbocycles. The third-order valence-electron chi connectivity index (χ3n) is 6.78. The number of nitrogens with zero attached hydrogens (tertiary/aromatic N) is 1. The molecule has 1 saturated carbocycles. The summed E-state index contributed by atoms with van der Waals surface area (Å²) in [6, 6.07) is 11.0. The second kappa shape index (κ2) is 9.57. The van der Waals surface area contributed by atoms with Crippen LogP contribution in [0.5, 0.6) is 0 Å². The number of amides is 2. The Hall–Kier alpha value is -1.46. The minimum atomic E-state index is 0.00512. The zero-order valence-electron chi connectivity index (χ0n) is 17.6. The van der Waals surface area contributed by atoms with Gasteiger partial charge in [-0.05, 0) is 62.3 Å². The monoisotopic (exact) mass is 413 g/mol. The lowest BCUT2D eigenvalue weighted by molar-refractivity contribution is 0.205. The highest BCUT2D eigenvalue weighted by Crippen LogP contribution is 2.42. The molecule has 2 N–H and O–H groups in total. The van der Waals surface area contributed by atoms with Gasteiger partial charge in [0.25, 0.3) is 0 Å². The molecular formula is C24H35N3OS. The quantitative estimate of drug-likeness (QED) is 0.520. The second-order valence-electron chi connectivity index (χ2n) is 9.30. The molecule has 2 fully saturated rings. The molecule has 1 heterocycles. The average molecular weight is 414 g/mol. The fraction of sp³-hybridized carbons (Fsp3) is 0.625. The number of rotatable bonds is 5. The van der Waals surface area contributed by atoms with Crippen LogP contribution in [0.15, 0.2) is 42.5 Å². The van der Waals surface area contributed by atoms with Crippen LogP contribution in [0.2, 0.25) is 0 Å². The first kappa shape index (κ1) is 20.8. The maximum atomic E-state index is 12.8. The van der Waals surface area contributed by atoms with Crippen LogP contribution in [0.1, 0.15) is 57.4 Å². The van der Waals surface area contributed by atoms with Crippen molar-refractivity contribution in [2.45, 2.75) is 69.2 Å². The first-order valence-corrected chi connectivity index (χ1v) is 12.2. The van der Waals surface area contributed by atoms with Crippen molar-refractivity contribution in [2.75, 3.05) is 13.1 Å². The minimum Gasteiger partial charge on any atom is -0.335 e. The number of allylic oxidation sites excluding steroid dienone is 2. The Morgan fingerprint density at radius 2 is 1.97 bits per heavy atom. The van der Waals surface area contributed by atoms with E-state index in [1.807, 2.05) is 11.9 Å². The summed E-state index contributed by atoms with van der Waals surface area (Å²) < 4.78 is 2.45. The largest absolute Gasteiger partial charge is 0.335 e. The first-order valence-electron chi connectivity index (χ1n) is 11.3. The molecule has 1 saturated heterocycles. The molecule has 3 aliphatic rings. The molecule has 0 aromatic heterocycles. The van der Waals surface area contributed by atoms with Crippen LogP contribution >= 0.6 is 11.9 Å². The normalized spacial score (nSPS) is 31.6. The van der Waals surface area contributed by atoms with Crippen LogP contribution in [-0.4, -0.2) is 35.0 Å². The average Bonchev–Trinajstić information content (AvgIpc) is 3.11. The molecule has 29 heavy (non-hydrogen) atoms. The summed E-state index contributed by atoms with van der Waals surface area (Å²) in [6.45, 7) is 4.36. The molecule has 5 heteroatoms. The van der Waals surface area contributed by atoms with Gasteiger partial charge in [0.1, 0.15) is 0 Å². The lowest BCUT2D eigenvalue weighted by atomic mass is 9.83. The summed E-state index contributed by atoms with van der Waals surface area (Å²) >= 11 is 1.91. The van der Waals surface area contributed by atoms with Crippen molar-refractivity contribution in [3.63, 3.8) is 0 Å². The van der Waals surface area contributed by atoms with E-state index < -0.39 is 0 Å². The summed E-state index contributed by atoms with van der Waals surface area (Å²) in [5, 5.41) is 6.71. The SMILES string of the molecule is CC1/C=C/CC2CCC(NC(=O)NC3CCN(SCc4ccccc4)CC3)(C1)C2. The number of nitrogens with one attached hydrogen (secondary N) is 2. The molecule has 1 aromatic rings. The summed E-state index contributed by atoms with van der Waals surface area (Å²) in [4.78, 5) is 12.8. The van der Waals surface area contributed by atoms with Crippen LogP contribution in [0.4, 0.5) is 4.79 Å². The van der Waals surface area contributed by atoms with Crippen molar-refractivity contribution < 1.29 is 4.79 Å². The molecule has 4 rings (SSSR count). The Labute approximate surface area is 180 Å². The highest BCUT2D eigenvalue weighted by Gasteiger charge is 2.41. The molecule has 3 atom stereocenters. The third kappa shape index (κ3) is 5.79. The highest BCUT2D eigenvalue weighted by molar-refractivity contribution is 7.96. The van der Waals surface area contributed by atoms with Crippen LogP contribution in [0, 0.1) is 11.8 Å². The maximum absolute atomic E-state index is 12.8. The Kier molecular flexibility index (Phi) is 6.86. The van der Waals surface area contributed by atoms with E-state index >= 15 is 0 Å². The van der Waals surface area contributed by atoms with E-state index in [4.69, 9.17) is 0 Å². The van der Waals surface area contributed by atoms with E-state index in [9.17, 15) is 4.79 Å². The van der Waals surface area contributed by atoms with Gasteiger partial charge in [0, 0.05) is 30.4 Å². The van der Waals surface area contributed by atoms with Gasteiger partial charge in [-0.2, -0.15) is 0 Å². The number of urea groups is 1. The van der Waals surface area contributed by atoms with Gasteiger partial charge in [0.05, 0.1) is 0 Å². The maximum Gasteiger partial charge on any atom is 0.315 e. The van der Waals surface area contributed by atoms with Gasteiger partial charge in [-0.25, -0.2) is 4.79 Å². The van der Waals surface area contributed by atoms with Crippen molar-refractivity contribution in [2.24, 2.45) is 11.8 Å². The fourth-order valence-corrected chi connectivity index (χ4v) is 6.30. The lowest BCUT2D eigenvalue weighted by Crippen LogP contribution is -2.54. The minimum absolute atomic E-state index is 0.00512. The molecule has 2 bridgehead atoms. The molecule has 2 amide bonds. The zero-order valence-corrected chi connectivity index (χ0v) is 18.4. The first-order chi connectivity index (χ1) is 14.1. The zero-order chi connectivity index (χ0) is 20.1. The molecule has 0 spiro atoms. The van der Waals surface area contributed by atoms with Gasteiger partial charge in [-0.1, -0.05) is 61.4 Å². The van der Waals surface area contributed by atoms with Crippen molar-refractivity contribution in [1.82, 2.24) is 14.9 Å². The topological polar surface area (TPSA) is 44.4 Å². The highest BCUT2D eigenvalue weighted by atomic mass is 32.2. The van der Waals surface area contributed by atoms with E-state index in [1.165, 1.54) is 18.4 Å². The molecule has 158 valence electrons. The standard InChI is InChI=1S/C24H35N3OS/c1-19-6-5-9-20-10-13-24(16-19,17-20)26-23(28)25-22-11-14-27(15-12-22)29-18-21-7-3-2-4-8-21/h2-8,19-20,22H,9-18H2,1H3,(H2,25,26,28)/b6-5+. The molecule has 4 nitrogen and oxygen atoms in total. The Morgan fingerprint density at radius 3 is 2.76 bits per heavy atom. The van der Waals surface area contributed by atoms with E-state index in [0.717, 1.165) is 56.9 Å². The van der Waals surface area contributed by atoms with Crippen molar-refractivity contribution in [1.29, 1.82) is 0 Å². The molecule has 0 radical (unpaired) electrons. The smallest absolute Gasteiger partial charge is 0.315 e. The summed E-state index contributed by atoms with van der Waals surface area (Å²) in [6.07, 6.45) is 12.5. The van der Waals surface area contributed by atoms with Crippen LogP contribution in [0.3, 0.4) is 0 Å². The van der Waals surface area contributed by atoms with Gasteiger partial charge in [0.2, 0.25) is 0 Å². The predicted octanol–water partition coefficient (Wildman–Crippen LogP) is 5.12. The van der Waals surface area contributed by atoms with Crippen molar-refractivity contribution in [3.8, 4) is 0 Å². The molecule has 1 aromatic carbocycles. The number of benzene rings is 1. The summed E-state index contributed by atoms with van der Waals surface area (Å²) in [7, 11) is 0. The Balaban J connectivity index is 1.21. The lowest BCUT2D eigenvalue weighted by Gasteiger charge is -2.36. The second-order valence-corrected chi connectivity index (χ2v) is 10.4. The molecule has 3 unspecified atom stereocenters. The fourth-order valence-electron chi connectivity index (χ4n) is 5.31. The van der Waals surface area contributed by atoms with E-state index in [-0.39, 0.29) is 11.6 Å². The molecular weight excluding hydrogens is 378 g/mol. The van der Waals surface area contributed by atoms with Gasteiger partial charge in [0.15, 0.2) is 0 Å². The number of fused-ring (bicyclic) bond motifs is 2. The van der Waals surface area contributed by atoms with E-state index in [2.05, 4.69) is 64.3 Å². The van der Waals surface area contributed by atoms with Crippen LogP contribution in [-0.2, 0) is 5.75 Å².